The molecule has 0 amide bonds. The van der Waals surface area contributed by atoms with Crippen molar-refractivity contribution in [3.63, 3.8) is 0 Å². The van der Waals surface area contributed by atoms with Crippen LogP contribution in [0.25, 0.3) is 0 Å². The number of halogens is 1. The van der Waals surface area contributed by atoms with Gasteiger partial charge in [0.1, 0.15) is 14.7 Å². The van der Waals surface area contributed by atoms with Crippen molar-refractivity contribution in [3.8, 4) is 0 Å². The third kappa shape index (κ3) is 3.74. The average molecular weight is 319 g/mol. The van der Waals surface area contributed by atoms with Gasteiger partial charge in [-0.3, -0.25) is 4.79 Å². The molecule has 0 aliphatic carbocycles. The van der Waals surface area contributed by atoms with Gasteiger partial charge in [-0.25, -0.2) is 0 Å². The van der Waals surface area contributed by atoms with Crippen LogP contribution in [0, 0.1) is 0 Å². The van der Waals surface area contributed by atoms with Gasteiger partial charge in [0.25, 0.3) is 0 Å². The number of rotatable bonds is 4. The minimum Gasteiger partial charge on any atom is -0.461 e. The normalized spacial score (nSPS) is 11.2. The van der Waals surface area contributed by atoms with Crippen LogP contribution in [0.15, 0.2) is 48.5 Å². The fourth-order valence-corrected chi connectivity index (χ4v) is 5.37. The number of hydrogen-bond acceptors (Lipinski definition) is 2. The predicted molar refractivity (Wildman–Crippen MR) is 90.1 cm³/mol. The molecule has 2 rings (SSSR count). The van der Waals surface area contributed by atoms with Crippen LogP contribution in [0.5, 0.6) is 0 Å². The highest BCUT2D eigenvalue weighted by Gasteiger charge is 2.28. The minimum atomic E-state index is -1.84. The van der Waals surface area contributed by atoms with Gasteiger partial charge in [-0.1, -0.05) is 66.3 Å². The van der Waals surface area contributed by atoms with Crippen molar-refractivity contribution in [1.82, 2.24) is 0 Å². The van der Waals surface area contributed by atoms with E-state index in [1.165, 1.54) is 17.3 Å². The molecule has 0 aliphatic rings. The second-order valence-corrected chi connectivity index (χ2v) is 10.4. The maximum Gasteiger partial charge on any atom is 0.302 e. The van der Waals surface area contributed by atoms with Gasteiger partial charge < -0.3 is 4.74 Å². The number of carbonyl (C=O) groups is 1. The van der Waals surface area contributed by atoms with E-state index in [1.54, 1.807) is 0 Å². The van der Waals surface area contributed by atoms with Crippen molar-refractivity contribution in [2.24, 2.45) is 0 Å². The Bertz CT molecular complexity index is 635. The van der Waals surface area contributed by atoms with Crippen molar-refractivity contribution >= 4 is 36.0 Å². The SMILES string of the molecule is CC(=O)OCc1ccccc1[Si](C)(C)c1ccc(Cl)cc1. The Kier molecular flexibility index (Phi) is 4.86. The van der Waals surface area contributed by atoms with Gasteiger partial charge in [0, 0.05) is 11.9 Å². The maximum atomic E-state index is 11.1. The Balaban J connectivity index is 2.39. The standard InChI is InChI=1S/C17H19ClO2Si/c1-13(19)20-12-14-6-4-5-7-17(14)21(2,3)16-10-8-15(18)9-11-16/h4-11H,12H2,1-3H3. The molecule has 2 nitrogen and oxygen atoms in total. The molecule has 0 heterocycles. The zero-order valence-electron chi connectivity index (χ0n) is 12.5. The molecule has 2 aromatic carbocycles. The third-order valence-electron chi connectivity index (χ3n) is 3.69. The molecule has 0 atom stereocenters. The van der Waals surface area contributed by atoms with E-state index in [4.69, 9.17) is 16.3 Å². The monoisotopic (exact) mass is 318 g/mol. The number of hydrogen-bond donors (Lipinski definition) is 0. The molecular formula is C17H19ClO2Si. The summed E-state index contributed by atoms with van der Waals surface area (Å²) in [7, 11) is -1.84. The van der Waals surface area contributed by atoms with E-state index in [0.717, 1.165) is 10.6 Å². The van der Waals surface area contributed by atoms with E-state index in [9.17, 15) is 4.79 Å². The van der Waals surface area contributed by atoms with E-state index in [2.05, 4.69) is 31.3 Å². The summed E-state index contributed by atoms with van der Waals surface area (Å²) >= 11 is 5.98. The van der Waals surface area contributed by atoms with Crippen molar-refractivity contribution in [3.05, 3.63) is 59.1 Å². The van der Waals surface area contributed by atoms with Crippen molar-refractivity contribution in [2.45, 2.75) is 26.6 Å². The number of carbonyl (C=O) groups excluding carboxylic acids is 1. The highest BCUT2D eigenvalue weighted by atomic mass is 35.5. The van der Waals surface area contributed by atoms with E-state index < -0.39 is 8.07 Å². The molecule has 0 aromatic heterocycles. The lowest BCUT2D eigenvalue weighted by Crippen LogP contribution is -2.54. The first-order valence-electron chi connectivity index (χ1n) is 6.89. The van der Waals surface area contributed by atoms with Gasteiger partial charge >= 0.3 is 5.97 Å². The fourth-order valence-electron chi connectivity index (χ4n) is 2.46. The molecule has 0 saturated carbocycles. The van der Waals surface area contributed by atoms with Gasteiger partial charge in [-0.05, 0) is 22.9 Å². The van der Waals surface area contributed by atoms with Crippen LogP contribution in [0.4, 0.5) is 0 Å². The van der Waals surface area contributed by atoms with Crippen LogP contribution in [0.3, 0.4) is 0 Å². The summed E-state index contributed by atoms with van der Waals surface area (Å²) < 4.78 is 5.18. The Labute approximate surface area is 131 Å². The summed E-state index contributed by atoms with van der Waals surface area (Å²) in [4.78, 5) is 11.1. The Hall–Kier alpha value is -1.58. The molecular weight excluding hydrogens is 300 g/mol. The summed E-state index contributed by atoms with van der Waals surface area (Å²) in [5, 5.41) is 3.34. The zero-order valence-corrected chi connectivity index (χ0v) is 14.3. The molecule has 4 heteroatoms. The lowest BCUT2D eigenvalue weighted by molar-refractivity contribution is -0.142. The number of benzene rings is 2. The van der Waals surface area contributed by atoms with E-state index in [0.29, 0.717) is 6.61 Å². The number of esters is 1. The van der Waals surface area contributed by atoms with Crippen molar-refractivity contribution in [1.29, 1.82) is 0 Å². The molecule has 21 heavy (non-hydrogen) atoms. The van der Waals surface area contributed by atoms with Crippen molar-refractivity contribution in [2.75, 3.05) is 0 Å². The first kappa shape index (κ1) is 15.8. The number of ether oxygens (including phenoxy) is 1. The highest BCUT2D eigenvalue weighted by Crippen LogP contribution is 2.12. The molecule has 0 spiro atoms. The molecule has 0 fully saturated rings. The van der Waals surface area contributed by atoms with Gasteiger partial charge in [0.2, 0.25) is 0 Å². The van der Waals surface area contributed by atoms with Gasteiger partial charge in [0.05, 0.1) is 0 Å². The van der Waals surface area contributed by atoms with Crippen LogP contribution in [0.2, 0.25) is 18.1 Å². The summed E-state index contributed by atoms with van der Waals surface area (Å²) in [5.41, 5.74) is 1.08. The zero-order chi connectivity index (χ0) is 15.5. The molecule has 2 aromatic rings. The summed E-state index contributed by atoms with van der Waals surface area (Å²) in [6.07, 6.45) is 0. The van der Waals surface area contributed by atoms with Crippen LogP contribution in [0.1, 0.15) is 12.5 Å². The highest BCUT2D eigenvalue weighted by molar-refractivity contribution is 7.00. The first-order valence-corrected chi connectivity index (χ1v) is 10.3. The van der Waals surface area contributed by atoms with E-state index >= 15 is 0 Å². The van der Waals surface area contributed by atoms with E-state index in [1.807, 2.05) is 30.3 Å². The van der Waals surface area contributed by atoms with Crippen LogP contribution < -0.4 is 10.4 Å². The summed E-state index contributed by atoms with van der Waals surface area (Å²) in [5.74, 6) is -0.254. The second kappa shape index (κ2) is 6.46. The molecule has 0 saturated heterocycles. The van der Waals surface area contributed by atoms with Gasteiger partial charge in [0.15, 0.2) is 0 Å². The van der Waals surface area contributed by atoms with E-state index in [-0.39, 0.29) is 5.97 Å². The molecule has 0 radical (unpaired) electrons. The predicted octanol–water partition coefficient (Wildman–Crippen LogP) is 3.23. The minimum absolute atomic E-state index is 0.254. The van der Waals surface area contributed by atoms with Gasteiger partial charge in [-0.2, -0.15) is 0 Å². The molecule has 0 aliphatic heterocycles. The van der Waals surface area contributed by atoms with Crippen molar-refractivity contribution < 1.29 is 9.53 Å². The van der Waals surface area contributed by atoms with Crippen LogP contribution in [-0.4, -0.2) is 14.0 Å². The van der Waals surface area contributed by atoms with Crippen LogP contribution >= 0.6 is 11.6 Å². The summed E-state index contributed by atoms with van der Waals surface area (Å²) in [6, 6.07) is 16.2. The van der Waals surface area contributed by atoms with Gasteiger partial charge in [-0.15, -0.1) is 0 Å². The Morgan fingerprint density at radius 2 is 1.71 bits per heavy atom. The largest absolute Gasteiger partial charge is 0.461 e. The molecule has 0 bridgehead atoms. The molecule has 0 unspecified atom stereocenters. The lowest BCUT2D eigenvalue weighted by Gasteiger charge is -2.26. The van der Waals surface area contributed by atoms with Crippen LogP contribution in [-0.2, 0) is 16.1 Å². The average Bonchev–Trinajstić information content (AvgIpc) is 2.46. The lowest BCUT2D eigenvalue weighted by atomic mass is 10.2. The Morgan fingerprint density at radius 3 is 2.33 bits per heavy atom. The Morgan fingerprint density at radius 1 is 1.10 bits per heavy atom. The smallest absolute Gasteiger partial charge is 0.302 e. The summed E-state index contributed by atoms with van der Waals surface area (Å²) in [6.45, 7) is 6.35. The first-order chi connectivity index (χ1) is 9.91. The fraction of sp³-hybridized carbons (Fsp3) is 0.235. The topological polar surface area (TPSA) is 26.3 Å². The maximum absolute atomic E-state index is 11.1. The second-order valence-electron chi connectivity index (χ2n) is 5.57. The molecule has 0 N–H and O–H groups in total. The molecule has 110 valence electrons. The third-order valence-corrected chi connectivity index (χ3v) is 7.55. The quantitative estimate of drug-likeness (QED) is 0.639.